The predicted octanol–water partition coefficient (Wildman–Crippen LogP) is 3.38. The monoisotopic (exact) mass is 331 g/mol. The first-order valence-electron chi connectivity index (χ1n) is 6.78. The lowest BCUT2D eigenvalue weighted by molar-refractivity contribution is -0.0124. The standard InChI is InChI=1S/C14H26BrN3O/c1-7-8-18-12(10(15)9-17-18)11(16-5)13(19-6)14(2,3)4/h9,11,13,16H,7-8H2,1-6H3. The van der Waals surface area contributed by atoms with E-state index in [1.165, 1.54) is 0 Å². The van der Waals surface area contributed by atoms with E-state index in [1.807, 2.05) is 13.2 Å². The van der Waals surface area contributed by atoms with E-state index in [4.69, 9.17) is 4.74 Å². The molecule has 0 radical (unpaired) electrons. The molecule has 2 unspecified atom stereocenters. The quantitative estimate of drug-likeness (QED) is 0.868. The van der Waals surface area contributed by atoms with E-state index in [9.17, 15) is 0 Å². The highest BCUT2D eigenvalue weighted by Gasteiger charge is 2.35. The topological polar surface area (TPSA) is 39.1 Å². The number of hydrogen-bond donors (Lipinski definition) is 1. The van der Waals surface area contributed by atoms with Gasteiger partial charge in [0.2, 0.25) is 0 Å². The number of rotatable bonds is 6. The molecule has 0 bridgehead atoms. The van der Waals surface area contributed by atoms with E-state index in [0.717, 1.165) is 23.1 Å². The van der Waals surface area contributed by atoms with Gasteiger partial charge in [-0.15, -0.1) is 0 Å². The fourth-order valence-electron chi connectivity index (χ4n) is 2.49. The van der Waals surface area contributed by atoms with E-state index >= 15 is 0 Å². The molecule has 110 valence electrons. The summed E-state index contributed by atoms with van der Waals surface area (Å²) in [5.41, 5.74) is 1.20. The molecule has 1 heterocycles. The Kier molecular flexibility index (Phi) is 6.02. The molecule has 0 aliphatic rings. The molecule has 0 saturated heterocycles. The van der Waals surface area contributed by atoms with E-state index < -0.39 is 0 Å². The van der Waals surface area contributed by atoms with Gasteiger partial charge in [0.25, 0.3) is 0 Å². The van der Waals surface area contributed by atoms with Crippen LogP contribution in [-0.4, -0.2) is 30.0 Å². The molecule has 1 aromatic heterocycles. The number of likely N-dealkylation sites (N-methyl/N-ethyl adjacent to an activating group) is 1. The maximum absolute atomic E-state index is 5.76. The molecule has 0 aliphatic heterocycles. The summed E-state index contributed by atoms with van der Waals surface area (Å²) < 4.78 is 8.85. The average molecular weight is 332 g/mol. The maximum Gasteiger partial charge on any atom is 0.0829 e. The number of nitrogens with zero attached hydrogens (tertiary/aromatic N) is 2. The molecule has 0 aliphatic carbocycles. The summed E-state index contributed by atoms with van der Waals surface area (Å²) in [7, 11) is 3.74. The third kappa shape index (κ3) is 3.80. The molecule has 19 heavy (non-hydrogen) atoms. The van der Waals surface area contributed by atoms with Crippen molar-refractivity contribution >= 4 is 15.9 Å². The van der Waals surface area contributed by atoms with Gasteiger partial charge in [-0.2, -0.15) is 5.10 Å². The zero-order chi connectivity index (χ0) is 14.6. The molecule has 4 nitrogen and oxygen atoms in total. The van der Waals surface area contributed by atoms with Crippen LogP contribution in [0, 0.1) is 5.41 Å². The summed E-state index contributed by atoms with van der Waals surface area (Å²) in [4.78, 5) is 0. The van der Waals surface area contributed by atoms with Gasteiger partial charge in [0.05, 0.1) is 28.5 Å². The molecule has 5 heteroatoms. The average Bonchev–Trinajstić information content (AvgIpc) is 2.66. The Morgan fingerprint density at radius 1 is 1.47 bits per heavy atom. The van der Waals surface area contributed by atoms with Crippen LogP contribution in [0.1, 0.15) is 45.9 Å². The van der Waals surface area contributed by atoms with Crippen LogP contribution in [-0.2, 0) is 11.3 Å². The van der Waals surface area contributed by atoms with Crippen molar-refractivity contribution in [2.75, 3.05) is 14.2 Å². The lowest BCUT2D eigenvalue weighted by Gasteiger charge is -2.36. The third-order valence-electron chi connectivity index (χ3n) is 3.28. The molecular weight excluding hydrogens is 306 g/mol. The minimum absolute atomic E-state index is 0.0448. The van der Waals surface area contributed by atoms with Gasteiger partial charge >= 0.3 is 0 Å². The van der Waals surface area contributed by atoms with Gasteiger partial charge < -0.3 is 10.1 Å². The first-order valence-corrected chi connectivity index (χ1v) is 7.57. The summed E-state index contributed by atoms with van der Waals surface area (Å²) >= 11 is 3.61. The number of nitrogens with one attached hydrogen (secondary N) is 1. The molecule has 1 rings (SSSR count). The molecule has 0 aromatic carbocycles. The Morgan fingerprint density at radius 3 is 2.53 bits per heavy atom. The molecule has 0 fully saturated rings. The highest BCUT2D eigenvalue weighted by molar-refractivity contribution is 9.10. The van der Waals surface area contributed by atoms with Crippen molar-refractivity contribution in [1.82, 2.24) is 15.1 Å². The van der Waals surface area contributed by atoms with Crippen molar-refractivity contribution in [3.05, 3.63) is 16.4 Å². The molecule has 0 spiro atoms. The number of aryl methyl sites for hydroxylation is 1. The molecule has 1 N–H and O–H groups in total. The highest BCUT2D eigenvalue weighted by Crippen LogP contribution is 2.35. The van der Waals surface area contributed by atoms with Crippen LogP contribution in [0.15, 0.2) is 10.7 Å². The summed E-state index contributed by atoms with van der Waals surface area (Å²) in [6, 6.07) is 0.105. The van der Waals surface area contributed by atoms with Gasteiger partial charge in [0, 0.05) is 13.7 Å². The Hall–Kier alpha value is -0.390. The molecule has 0 saturated carbocycles. The fraction of sp³-hybridized carbons (Fsp3) is 0.786. The van der Waals surface area contributed by atoms with Gasteiger partial charge in [0.1, 0.15) is 0 Å². The zero-order valence-electron chi connectivity index (χ0n) is 12.8. The first-order chi connectivity index (χ1) is 8.86. The van der Waals surface area contributed by atoms with Crippen molar-refractivity contribution in [1.29, 1.82) is 0 Å². The predicted molar refractivity (Wildman–Crippen MR) is 82.3 cm³/mol. The lowest BCUT2D eigenvalue weighted by atomic mass is 9.83. The van der Waals surface area contributed by atoms with E-state index in [0.29, 0.717) is 0 Å². The van der Waals surface area contributed by atoms with E-state index in [-0.39, 0.29) is 17.6 Å². The minimum Gasteiger partial charge on any atom is -0.379 e. The lowest BCUT2D eigenvalue weighted by Crippen LogP contribution is -2.41. The summed E-state index contributed by atoms with van der Waals surface area (Å²) in [6.45, 7) is 9.66. The van der Waals surface area contributed by atoms with Crippen LogP contribution >= 0.6 is 15.9 Å². The van der Waals surface area contributed by atoms with Crippen LogP contribution in [0.25, 0.3) is 0 Å². The van der Waals surface area contributed by atoms with Crippen LogP contribution < -0.4 is 5.32 Å². The van der Waals surface area contributed by atoms with Crippen LogP contribution in [0.4, 0.5) is 0 Å². The molecule has 1 aromatic rings. The first kappa shape index (κ1) is 16.7. The second-order valence-electron chi connectivity index (χ2n) is 5.89. The Labute approximate surface area is 125 Å². The number of methoxy groups -OCH3 is 1. The minimum atomic E-state index is 0.0448. The number of ether oxygens (including phenoxy) is 1. The number of aromatic nitrogens is 2. The SMILES string of the molecule is CCCn1ncc(Br)c1C(NC)C(OC)C(C)(C)C. The van der Waals surface area contributed by atoms with Gasteiger partial charge in [-0.25, -0.2) is 0 Å². The van der Waals surface area contributed by atoms with E-state index in [2.05, 4.69) is 58.7 Å². The Morgan fingerprint density at radius 2 is 2.11 bits per heavy atom. The zero-order valence-corrected chi connectivity index (χ0v) is 14.4. The molecular formula is C14H26BrN3O. The van der Waals surface area contributed by atoms with Crippen molar-refractivity contribution < 1.29 is 4.74 Å². The largest absolute Gasteiger partial charge is 0.379 e. The fourth-order valence-corrected chi connectivity index (χ4v) is 3.04. The Balaban J connectivity index is 3.18. The summed E-state index contributed by atoms with van der Waals surface area (Å²) in [5.74, 6) is 0. The summed E-state index contributed by atoms with van der Waals surface area (Å²) in [5, 5.41) is 7.83. The highest BCUT2D eigenvalue weighted by atomic mass is 79.9. The second-order valence-corrected chi connectivity index (χ2v) is 6.74. The van der Waals surface area contributed by atoms with Gasteiger partial charge in [-0.05, 0) is 34.8 Å². The number of hydrogen-bond acceptors (Lipinski definition) is 3. The maximum atomic E-state index is 5.76. The van der Waals surface area contributed by atoms with Crippen LogP contribution in [0.3, 0.4) is 0 Å². The number of halogens is 1. The van der Waals surface area contributed by atoms with Crippen molar-refractivity contribution in [3.8, 4) is 0 Å². The van der Waals surface area contributed by atoms with E-state index in [1.54, 1.807) is 7.11 Å². The smallest absolute Gasteiger partial charge is 0.0829 e. The second kappa shape index (κ2) is 6.86. The summed E-state index contributed by atoms with van der Waals surface area (Å²) in [6.07, 6.45) is 3.00. The van der Waals surface area contributed by atoms with Gasteiger partial charge in [-0.1, -0.05) is 27.7 Å². The van der Waals surface area contributed by atoms with Gasteiger partial charge in [-0.3, -0.25) is 4.68 Å². The van der Waals surface area contributed by atoms with Crippen LogP contribution in [0.2, 0.25) is 0 Å². The van der Waals surface area contributed by atoms with Crippen molar-refractivity contribution in [3.63, 3.8) is 0 Å². The van der Waals surface area contributed by atoms with Crippen molar-refractivity contribution in [2.24, 2.45) is 5.41 Å². The van der Waals surface area contributed by atoms with Crippen molar-refractivity contribution in [2.45, 2.75) is 52.8 Å². The van der Waals surface area contributed by atoms with Gasteiger partial charge in [0.15, 0.2) is 0 Å². The normalized spacial score (nSPS) is 15.5. The third-order valence-corrected chi connectivity index (χ3v) is 3.90. The molecule has 0 amide bonds. The molecule has 2 atom stereocenters. The van der Waals surface area contributed by atoms with Crippen LogP contribution in [0.5, 0.6) is 0 Å². The Bertz CT molecular complexity index is 398.